The maximum Gasteiger partial charge on any atom is 0.122 e. The maximum atomic E-state index is 12.1. The largest absolute Gasteiger partial charge is 0.467 e. The van der Waals surface area contributed by atoms with Gasteiger partial charge in [0.05, 0.1) is 30.7 Å². The van der Waals surface area contributed by atoms with Crippen LogP contribution < -0.4 is 5.32 Å². The molecule has 0 fully saturated rings. The van der Waals surface area contributed by atoms with Gasteiger partial charge in [-0.25, -0.2) is 4.39 Å². The van der Waals surface area contributed by atoms with Crippen LogP contribution in [-0.4, -0.2) is 16.5 Å². The fraction of sp³-hybridized carbons (Fsp3) is 0.364. The van der Waals surface area contributed by atoms with Crippen molar-refractivity contribution in [3.63, 3.8) is 0 Å². The van der Waals surface area contributed by atoms with Gasteiger partial charge in [0.1, 0.15) is 12.4 Å². The van der Waals surface area contributed by atoms with Crippen LogP contribution in [0.4, 0.5) is 10.1 Å². The molecule has 1 N–H and O–H groups in total. The van der Waals surface area contributed by atoms with E-state index in [2.05, 4.69) is 10.4 Å². The molecule has 6 heteroatoms. The Bertz CT molecular complexity index is 442. The summed E-state index contributed by atoms with van der Waals surface area (Å²) in [7, 11) is 0. The SMILES string of the molecule is Cc1nn(CCF)cc1NCc1ccco1.Cl. The minimum Gasteiger partial charge on any atom is -0.467 e. The lowest BCUT2D eigenvalue weighted by molar-refractivity contribution is 0.426. The quantitative estimate of drug-likeness (QED) is 0.898. The Hall–Kier alpha value is -1.49. The minimum absolute atomic E-state index is 0. The van der Waals surface area contributed by atoms with Gasteiger partial charge in [-0.1, -0.05) is 0 Å². The second kappa shape index (κ2) is 6.30. The van der Waals surface area contributed by atoms with Gasteiger partial charge in [0.15, 0.2) is 0 Å². The van der Waals surface area contributed by atoms with Crippen molar-refractivity contribution in [2.45, 2.75) is 20.0 Å². The third-order valence-electron chi connectivity index (χ3n) is 2.29. The molecule has 0 atom stereocenters. The van der Waals surface area contributed by atoms with E-state index in [4.69, 9.17) is 4.42 Å². The van der Waals surface area contributed by atoms with E-state index in [-0.39, 0.29) is 12.4 Å². The van der Waals surface area contributed by atoms with Crippen molar-refractivity contribution < 1.29 is 8.81 Å². The molecule has 0 aliphatic heterocycles. The third kappa shape index (κ3) is 3.49. The van der Waals surface area contributed by atoms with Crippen LogP contribution in [0.5, 0.6) is 0 Å². The molecule has 17 heavy (non-hydrogen) atoms. The average molecular weight is 260 g/mol. The normalized spacial score (nSPS) is 10.0. The third-order valence-corrected chi connectivity index (χ3v) is 2.29. The maximum absolute atomic E-state index is 12.1. The molecule has 2 aromatic rings. The van der Waals surface area contributed by atoms with Gasteiger partial charge >= 0.3 is 0 Å². The molecule has 4 nitrogen and oxygen atoms in total. The fourth-order valence-electron chi connectivity index (χ4n) is 1.49. The number of hydrogen-bond donors (Lipinski definition) is 1. The zero-order chi connectivity index (χ0) is 11.4. The molecule has 0 bridgehead atoms. The van der Waals surface area contributed by atoms with E-state index < -0.39 is 6.67 Å². The molecule has 0 unspecified atom stereocenters. The number of rotatable bonds is 5. The minimum atomic E-state index is -0.404. The number of furan rings is 1. The van der Waals surface area contributed by atoms with Gasteiger partial charge in [-0.2, -0.15) is 5.10 Å². The number of aryl methyl sites for hydroxylation is 2. The first-order chi connectivity index (χ1) is 7.79. The highest BCUT2D eigenvalue weighted by Gasteiger charge is 2.04. The summed E-state index contributed by atoms with van der Waals surface area (Å²) in [5.41, 5.74) is 1.77. The summed E-state index contributed by atoms with van der Waals surface area (Å²) in [6, 6.07) is 3.74. The summed E-state index contributed by atoms with van der Waals surface area (Å²) < 4.78 is 18.9. The molecule has 0 spiro atoms. The molecular formula is C11H15ClFN3O. The van der Waals surface area contributed by atoms with Crippen LogP contribution in [0.3, 0.4) is 0 Å². The Labute approximate surface area is 105 Å². The van der Waals surface area contributed by atoms with Crippen molar-refractivity contribution in [3.05, 3.63) is 36.0 Å². The van der Waals surface area contributed by atoms with Crippen LogP contribution in [-0.2, 0) is 13.1 Å². The summed E-state index contributed by atoms with van der Waals surface area (Å²) in [5, 5.41) is 7.38. The summed E-state index contributed by atoms with van der Waals surface area (Å²) in [6.07, 6.45) is 3.44. The van der Waals surface area contributed by atoms with Crippen LogP contribution in [0, 0.1) is 6.92 Å². The van der Waals surface area contributed by atoms with Gasteiger partial charge in [-0.05, 0) is 19.1 Å². The summed E-state index contributed by atoms with van der Waals surface area (Å²) >= 11 is 0. The first-order valence-electron chi connectivity index (χ1n) is 5.16. The Kier molecular flexibility index (Phi) is 5.03. The van der Waals surface area contributed by atoms with Crippen molar-refractivity contribution >= 4 is 18.1 Å². The second-order valence-corrected chi connectivity index (χ2v) is 3.51. The van der Waals surface area contributed by atoms with Gasteiger partial charge in [-0.3, -0.25) is 4.68 Å². The van der Waals surface area contributed by atoms with Crippen molar-refractivity contribution in [1.82, 2.24) is 9.78 Å². The van der Waals surface area contributed by atoms with E-state index in [1.165, 1.54) is 0 Å². The lowest BCUT2D eigenvalue weighted by atomic mass is 10.4. The van der Waals surface area contributed by atoms with Gasteiger partial charge in [0, 0.05) is 6.20 Å². The van der Waals surface area contributed by atoms with Crippen molar-refractivity contribution in [2.24, 2.45) is 0 Å². The lowest BCUT2D eigenvalue weighted by Gasteiger charge is -2.01. The summed E-state index contributed by atoms with van der Waals surface area (Å²) in [5.74, 6) is 0.859. The summed E-state index contributed by atoms with van der Waals surface area (Å²) in [4.78, 5) is 0. The molecule has 94 valence electrons. The Balaban J connectivity index is 0.00000144. The van der Waals surface area contributed by atoms with Gasteiger partial charge in [-0.15, -0.1) is 12.4 Å². The predicted molar refractivity (Wildman–Crippen MR) is 66.2 cm³/mol. The zero-order valence-electron chi connectivity index (χ0n) is 9.52. The molecule has 0 radical (unpaired) electrons. The molecule has 2 heterocycles. The smallest absolute Gasteiger partial charge is 0.122 e. The summed E-state index contributed by atoms with van der Waals surface area (Å²) in [6.45, 7) is 2.39. The van der Waals surface area contributed by atoms with Gasteiger partial charge in [0.2, 0.25) is 0 Å². The average Bonchev–Trinajstić information content (AvgIpc) is 2.86. The van der Waals surface area contributed by atoms with Crippen molar-refractivity contribution in [1.29, 1.82) is 0 Å². The lowest BCUT2D eigenvalue weighted by Crippen LogP contribution is -2.00. The molecule has 2 aromatic heterocycles. The van der Waals surface area contributed by atoms with E-state index in [1.54, 1.807) is 17.1 Å². The highest BCUT2D eigenvalue weighted by Crippen LogP contribution is 2.14. The van der Waals surface area contributed by atoms with Crippen LogP contribution in [0.15, 0.2) is 29.0 Å². The Morgan fingerprint density at radius 1 is 1.53 bits per heavy atom. The van der Waals surface area contributed by atoms with E-state index in [9.17, 15) is 4.39 Å². The molecule has 0 aliphatic carbocycles. The predicted octanol–water partition coefficient (Wildman–Crippen LogP) is 2.79. The van der Waals surface area contributed by atoms with E-state index >= 15 is 0 Å². The topological polar surface area (TPSA) is 43.0 Å². The highest BCUT2D eigenvalue weighted by atomic mass is 35.5. The van der Waals surface area contributed by atoms with E-state index in [0.29, 0.717) is 13.1 Å². The van der Waals surface area contributed by atoms with Crippen LogP contribution >= 0.6 is 12.4 Å². The number of halogens is 2. The first-order valence-corrected chi connectivity index (χ1v) is 5.16. The number of anilines is 1. The number of hydrogen-bond acceptors (Lipinski definition) is 3. The van der Waals surface area contributed by atoms with Crippen LogP contribution in [0.1, 0.15) is 11.5 Å². The standard InChI is InChI=1S/C11H14FN3O.ClH/c1-9-11(8-15(14-9)5-4-12)13-7-10-3-2-6-16-10;/h2-3,6,8,13H,4-5,7H2,1H3;1H. The van der Waals surface area contributed by atoms with Crippen molar-refractivity contribution in [2.75, 3.05) is 12.0 Å². The van der Waals surface area contributed by atoms with Gasteiger partial charge < -0.3 is 9.73 Å². The highest BCUT2D eigenvalue weighted by molar-refractivity contribution is 5.85. The molecule has 2 rings (SSSR count). The number of nitrogens with one attached hydrogen (secondary N) is 1. The zero-order valence-corrected chi connectivity index (χ0v) is 10.3. The molecule has 0 aliphatic rings. The monoisotopic (exact) mass is 259 g/mol. The number of alkyl halides is 1. The Morgan fingerprint density at radius 3 is 3.00 bits per heavy atom. The van der Waals surface area contributed by atoms with Gasteiger partial charge in [0.25, 0.3) is 0 Å². The number of nitrogens with zero attached hydrogens (tertiary/aromatic N) is 2. The molecule has 0 saturated heterocycles. The first kappa shape index (κ1) is 13.6. The van der Waals surface area contributed by atoms with E-state index in [0.717, 1.165) is 17.1 Å². The van der Waals surface area contributed by atoms with Crippen LogP contribution in [0.2, 0.25) is 0 Å². The van der Waals surface area contributed by atoms with Crippen LogP contribution in [0.25, 0.3) is 0 Å². The second-order valence-electron chi connectivity index (χ2n) is 3.51. The van der Waals surface area contributed by atoms with E-state index in [1.807, 2.05) is 19.1 Å². The molecule has 0 saturated carbocycles. The molecular weight excluding hydrogens is 245 g/mol. The molecule has 0 aromatic carbocycles. The molecule has 0 amide bonds. The van der Waals surface area contributed by atoms with Crippen molar-refractivity contribution in [3.8, 4) is 0 Å². The fourth-order valence-corrected chi connectivity index (χ4v) is 1.49. The number of aromatic nitrogens is 2. The Morgan fingerprint density at radius 2 is 2.35 bits per heavy atom.